The van der Waals surface area contributed by atoms with Crippen molar-refractivity contribution in [1.82, 2.24) is 35.1 Å². The first-order valence-corrected chi connectivity index (χ1v) is 14.0. The maximum atomic E-state index is 13.9. The second-order valence-electron chi connectivity index (χ2n) is 9.76. The van der Waals surface area contributed by atoms with Gasteiger partial charge in [0.05, 0.1) is 18.4 Å². The molecule has 0 amide bonds. The summed E-state index contributed by atoms with van der Waals surface area (Å²) in [5, 5.41) is 16.0. The second kappa shape index (κ2) is 9.21. The molecule has 38 heavy (non-hydrogen) atoms. The van der Waals surface area contributed by atoms with Crippen LogP contribution < -0.4 is 5.32 Å². The van der Waals surface area contributed by atoms with Crippen LogP contribution in [-0.4, -0.2) is 57.6 Å². The van der Waals surface area contributed by atoms with E-state index in [1.165, 1.54) is 23.1 Å². The fourth-order valence-corrected chi connectivity index (χ4v) is 7.05. The molecular formula is C26H26FN7O3S. The number of aldehydes is 1. The molecule has 0 saturated carbocycles. The molecule has 1 aromatic carbocycles. The summed E-state index contributed by atoms with van der Waals surface area (Å²) in [6.07, 6.45) is 3.70. The fraction of sp³-hybridized carbons (Fsp3) is 0.346. The third kappa shape index (κ3) is 3.86. The molecule has 1 fully saturated rings. The standard InChI is InChI=1S/C26H26FN7O3S/c1-2-33-29-14-24(31-33)38(36,37)25-21-13-26(23-5-3-4-19(15-35)30-23)16-28-11-10-17(26)12-22(21)34(32-25)20-8-6-18(27)7-9-20/h3-9,14-15,17,28H,2,10-13,16H2,1H3/t17-,26-/m0/s1. The number of benzene rings is 1. The smallest absolute Gasteiger partial charge is 0.246 e. The number of sulfone groups is 1. The molecule has 10 nitrogen and oxygen atoms in total. The molecule has 0 unspecified atom stereocenters. The molecule has 0 radical (unpaired) electrons. The molecule has 4 aromatic rings. The molecule has 12 heteroatoms. The fourth-order valence-electron chi connectivity index (χ4n) is 5.76. The molecule has 2 aliphatic rings. The first kappa shape index (κ1) is 24.6. The summed E-state index contributed by atoms with van der Waals surface area (Å²) in [6.45, 7) is 3.64. The molecule has 1 saturated heterocycles. The molecule has 1 aliphatic heterocycles. The highest BCUT2D eigenvalue weighted by Crippen LogP contribution is 2.47. The summed E-state index contributed by atoms with van der Waals surface area (Å²) in [7, 11) is -4.12. The number of nitrogens with zero attached hydrogens (tertiary/aromatic N) is 6. The Kier molecular flexibility index (Phi) is 5.95. The summed E-state index contributed by atoms with van der Waals surface area (Å²) in [5.74, 6) is -0.268. The third-order valence-electron chi connectivity index (χ3n) is 7.68. The molecule has 196 valence electrons. The van der Waals surface area contributed by atoms with Gasteiger partial charge in [-0.05, 0) is 75.0 Å². The number of pyridine rings is 1. The zero-order valence-electron chi connectivity index (χ0n) is 20.7. The number of nitrogens with one attached hydrogen (secondary N) is 1. The van der Waals surface area contributed by atoms with Crippen LogP contribution in [0, 0.1) is 11.7 Å². The van der Waals surface area contributed by atoms with Gasteiger partial charge in [0.25, 0.3) is 0 Å². The van der Waals surface area contributed by atoms with Crippen molar-refractivity contribution in [2.75, 3.05) is 13.1 Å². The Morgan fingerprint density at radius 1 is 1.18 bits per heavy atom. The summed E-state index contributed by atoms with van der Waals surface area (Å²) in [6, 6.07) is 11.2. The van der Waals surface area contributed by atoms with Crippen molar-refractivity contribution in [2.24, 2.45) is 5.92 Å². The van der Waals surface area contributed by atoms with Crippen molar-refractivity contribution >= 4 is 16.1 Å². The predicted octanol–water partition coefficient (Wildman–Crippen LogP) is 2.31. The molecular weight excluding hydrogens is 509 g/mol. The summed E-state index contributed by atoms with van der Waals surface area (Å²) < 4.78 is 43.2. The zero-order chi connectivity index (χ0) is 26.5. The number of aromatic nitrogens is 6. The first-order valence-electron chi connectivity index (χ1n) is 12.5. The Morgan fingerprint density at radius 3 is 2.74 bits per heavy atom. The van der Waals surface area contributed by atoms with E-state index in [2.05, 4.69) is 25.6 Å². The van der Waals surface area contributed by atoms with Crippen molar-refractivity contribution in [3.05, 3.63) is 77.1 Å². The quantitative estimate of drug-likeness (QED) is 0.373. The van der Waals surface area contributed by atoms with Gasteiger partial charge in [-0.3, -0.25) is 4.79 Å². The van der Waals surface area contributed by atoms with E-state index >= 15 is 0 Å². The molecule has 0 bridgehead atoms. The number of aryl methyl sites for hydroxylation is 1. The molecule has 4 heterocycles. The summed E-state index contributed by atoms with van der Waals surface area (Å²) in [5.41, 5.74) is 2.47. The maximum Gasteiger partial charge on any atom is 0.246 e. The van der Waals surface area contributed by atoms with E-state index in [0.717, 1.165) is 30.6 Å². The first-order chi connectivity index (χ1) is 18.4. The monoisotopic (exact) mass is 535 g/mol. The van der Waals surface area contributed by atoms with Gasteiger partial charge in [-0.15, -0.1) is 5.10 Å². The van der Waals surface area contributed by atoms with Crippen molar-refractivity contribution in [2.45, 2.75) is 48.2 Å². The van der Waals surface area contributed by atoms with Crippen LogP contribution in [0.3, 0.4) is 0 Å². The zero-order valence-corrected chi connectivity index (χ0v) is 21.5. The topological polar surface area (TPSA) is 125 Å². The normalized spacial score (nSPS) is 21.1. The second-order valence-corrected chi connectivity index (χ2v) is 11.6. The minimum absolute atomic E-state index is 0.0880. The molecule has 0 spiro atoms. The summed E-state index contributed by atoms with van der Waals surface area (Å²) in [4.78, 5) is 17.5. The van der Waals surface area contributed by atoms with E-state index in [-0.39, 0.29) is 16.0 Å². The highest BCUT2D eigenvalue weighted by atomic mass is 32.2. The number of hydrogen-bond acceptors (Lipinski definition) is 8. The van der Waals surface area contributed by atoms with Crippen molar-refractivity contribution < 1.29 is 17.6 Å². The minimum atomic E-state index is -4.12. The van der Waals surface area contributed by atoms with Crippen LogP contribution >= 0.6 is 0 Å². The van der Waals surface area contributed by atoms with E-state index in [0.29, 0.717) is 42.9 Å². The lowest BCUT2D eigenvalue weighted by molar-refractivity contribution is 0.111. The lowest BCUT2D eigenvalue weighted by atomic mass is 9.61. The van der Waals surface area contributed by atoms with Crippen LogP contribution in [0.5, 0.6) is 0 Å². The average Bonchev–Trinajstić information content (AvgIpc) is 3.58. The average molecular weight is 536 g/mol. The lowest BCUT2D eigenvalue weighted by Crippen LogP contribution is -2.54. The highest BCUT2D eigenvalue weighted by molar-refractivity contribution is 7.91. The van der Waals surface area contributed by atoms with Crippen molar-refractivity contribution in [3.63, 3.8) is 0 Å². The minimum Gasteiger partial charge on any atom is -0.316 e. The van der Waals surface area contributed by atoms with E-state index in [1.54, 1.807) is 22.9 Å². The molecule has 3 aromatic heterocycles. The van der Waals surface area contributed by atoms with Gasteiger partial charge < -0.3 is 5.32 Å². The Balaban J connectivity index is 1.57. The van der Waals surface area contributed by atoms with E-state index in [4.69, 9.17) is 0 Å². The number of piperidine rings is 1. The van der Waals surface area contributed by atoms with Crippen molar-refractivity contribution in [1.29, 1.82) is 0 Å². The van der Waals surface area contributed by atoms with Crippen LogP contribution in [0.15, 0.2) is 58.7 Å². The largest absolute Gasteiger partial charge is 0.316 e. The van der Waals surface area contributed by atoms with E-state index in [1.807, 2.05) is 19.1 Å². The van der Waals surface area contributed by atoms with Gasteiger partial charge in [0.1, 0.15) is 11.5 Å². The van der Waals surface area contributed by atoms with Gasteiger partial charge in [-0.1, -0.05) is 6.07 Å². The van der Waals surface area contributed by atoms with Crippen LogP contribution in [0.25, 0.3) is 5.69 Å². The Labute approximate surface area is 218 Å². The van der Waals surface area contributed by atoms with E-state index in [9.17, 15) is 17.6 Å². The molecule has 1 aliphatic carbocycles. The van der Waals surface area contributed by atoms with Crippen LogP contribution in [0.4, 0.5) is 4.39 Å². The number of halogens is 1. The van der Waals surface area contributed by atoms with Gasteiger partial charge >= 0.3 is 0 Å². The molecule has 6 rings (SSSR count). The van der Waals surface area contributed by atoms with Crippen LogP contribution in [-0.2, 0) is 34.6 Å². The van der Waals surface area contributed by atoms with Gasteiger partial charge in [-0.25, -0.2) is 22.5 Å². The lowest BCUT2D eigenvalue weighted by Gasteiger charge is -2.47. The van der Waals surface area contributed by atoms with Gasteiger partial charge in [0.2, 0.25) is 14.9 Å². The Morgan fingerprint density at radius 2 is 2.00 bits per heavy atom. The number of fused-ring (bicyclic) bond motifs is 2. The Hall–Kier alpha value is -3.77. The van der Waals surface area contributed by atoms with Gasteiger partial charge in [-0.2, -0.15) is 15.0 Å². The van der Waals surface area contributed by atoms with Gasteiger partial charge in [0.15, 0.2) is 11.3 Å². The van der Waals surface area contributed by atoms with Crippen molar-refractivity contribution in [3.8, 4) is 5.69 Å². The maximum absolute atomic E-state index is 13.9. The summed E-state index contributed by atoms with van der Waals surface area (Å²) >= 11 is 0. The van der Waals surface area contributed by atoms with Crippen LogP contribution in [0.2, 0.25) is 0 Å². The van der Waals surface area contributed by atoms with Crippen LogP contribution in [0.1, 0.15) is 40.8 Å². The number of carbonyl (C=O) groups excluding carboxylic acids is 1. The van der Waals surface area contributed by atoms with Gasteiger partial charge in [0, 0.05) is 28.9 Å². The van der Waals surface area contributed by atoms with E-state index < -0.39 is 21.1 Å². The third-order valence-corrected chi connectivity index (χ3v) is 9.25. The number of rotatable bonds is 6. The molecule has 1 N–H and O–H groups in total. The Bertz CT molecular complexity index is 1630. The number of carbonyl (C=O) groups is 1. The highest BCUT2D eigenvalue weighted by Gasteiger charge is 2.50. The predicted molar refractivity (Wildman–Crippen MR) is 134 cm³/mol. The SMILES string of the molecule is CCn1ncc(S(=O)(=O)c2nn(-c3ccc(F)cc3)c3c2C[C@]2(c4cccc(C=O)n4)CNCC[C@H]2C3)n1. The number of hydrogen-bond donors (Lipinski definition) is 1. The molecule has 2 atom stereocenters.